The van der Waals surface area contributed by atoms with E-state index in [1.165, 1.54) is 0 Å². The van der Waals surface area contributed by atoms with Crippen molar-refractivity contribution in [2.24, 2.45) is 0 Å². The van der Waals surface area contributed by atoms with Crippen molar-refractivity contribution >= 4 is 21.8 Å². The van der Waals surface area contributed by atoms with Crippen LogP contribution in [0.4, 0.5) is 0 Å². The van der Waals surface area contributed by atoms with Gasteiger partial charge in [0.05, 0.1) is 12.6 Å². The first kappa shape index (κ1) is 14.3. The van der Waals surface area contributed by atoms with Gasteiger partial charge in [-0.1, -0.05) is 15.9 Å². The van der Waals surface area contributed by atoms with Crippen LogP contribution in [-0.4, -0.2) is 36.5 Å². The molecule has 2 rings (SSSR count). The van der Waals surface area contributed by atoms with Crippen molar-refractivity contribution in [1.29, 1.82) is 0 Å². The Kier molecular flexibility index (Phi) is 4.16. The Balaban J connectivity index is 2.22. The summed E-state index contributed by atoms with van der Waals surface area (Å²) in [4.78, 5) is 14.1. The Morgan fingerprint density at radius 1 is 1.47 bits per heavy atom. The summed E-state index contributed by atoms with van der Waals surface area (Å²) < 4.78 is 6.29. The van der Waals surface area contributed by atoms with Crippen molar-refractivity contribution in [2.45, 2.75) is 25.9 Å². The van der Waals surface area contributed by atoms with Crippen LogP contribution in [0.25, 0.3) is 0 Å². The van der Waals surface area contributed by atoms with Crippen molar-refractivity contribution in [3.63, 3.8) is 0 Å². The van der Waals surface area contributed by atoms with Gasteiger partial charge in [0.1, 0.15) is 5.75 Å². The second kappa shape index (κ2) is 5.51. The van der Waals surface area contributed by atoms with E-state index >= 15 is 0 Å². The number of carbonyl (C=O) groups excluding carboxylic acids is 1. The highest BCUT2D eigenvalue weighted by molar-refractivity contribution is 9.10. The van der Waals surface area contributed by atoms with E-state index in [2.05, 4.69) is 26.1 Å². The maximum Gasteiger partial charge on any atom is 0.240 e. The number of halogens is 1. The van der Waals surface area contributed by atoms with Gasteiger partial charge in [0.25, 0.3) is 0 Å². The van der Waals surface area contributed by atoms with Crippen molar-refractivity contribution in [3.8, 4) is 5.75 Å². The molecule has 0 bridgehead atoms. The zero-order valence-electron chi connectivity index (χ0n) is 11.5. The van der Waals surface area contributed by atoms with E-state index in [4.69, 9.17) is 4.74 Å². The fourth-order valence-electron chi connectivity index (χ4n) is 2.23. The smallest absolute Gasteiger partial charge is 0.240 e. The minimum atomic E-state index is -0.485. The molecule has 1 saturated heterocycles. The quantitative estimate of drug-likeness (QED) is 0.925. The third-order valence-corrected chi connectivity index (χ3v) is 4.40. The van der Waals surface area contributed by atoms with Gasteiger partial charge in [0.15, 0.2) is 0 Å². The summed E-state index contributed by atoms with van der Waals surface area (Å²) in [5.41, 5.74) is 0.642. The molecule has 1 aliphatic rings. The van der Waals surface area contributed by atoms with Gasteiger partial charge in [-0.05, 0) is 37.6 Å². The maximum absolute atomic E-state index is 11.9. The minimum Gasteiger partial charge on any atom is -0.497 e. The Bertz CT molecular complexity index is 488. The Morgan fingerprint density at radius 3 is 2.89 bits per heavy atom. The molecule has 0 saturated carbocycles. The Morgan fingerprint density at radius 2 is 2.21 bits per heavy atom. The number of benzene rings is 1. The van der Waals surface area contributed by atoms with E-state index in [9.17, 15) is 4.79 Å². The largest absolute Gasteiger partial charge is 0.497 e. The fraction of sp³-hybridized carbons (Fsp3) is 0.500. The number of hydrogen-bond donors (Lipinski definition) is 1. The van der Waals surface area contributed by atoms with Crippen molar-refractivity contribution in [2.75, 3.05) is 20.2 Å². The Labute approximate surface area is 122 Å². The highest BCUT2D eigenvalue weighted by atomic mass is 79.9. The first-order valence-corrected chi connectivity index (χ1v) is 7.10. The molecule has 0 aliphatic carbocycles. The predicted octanol–water partition coefficient (Wildman–Crippen LogP) is 2.17. The van der Waals surface area contributed by atoms with Crippen LogP contribution in [-0.2, 0) is 11.3 Å². The van der Waals surface area contributed by atoms with E-state index in [0.29, 0.717) is 6.54 Å². The number of amides is 1. The molecular formula is C14H19BrN2O2. The molecule has 0 aromatic heterocycles. The van der Waals surface area contributed by atoms with Crippen LogP contribution >= 0.6 is 15.9 Å². The summed E-state index contributed by atoms with van der Waals surface area (Å²) in [6, 6.07) is 5.90. The van der Waals surface area contributed by atoms with Gasteiger partial charge in [-0.15, -0.1) is 0 Å². The number of hydrogen-bond acceptors (Lipinski definition) is 3. The Hall–Kier alpha value is -1.07. The summed E-state index contributed by atoms with van der Waals surface area (Å²) >= 11 is 3.56. The van der Waals surface area contributed by atoms with Crippen LogP contribution in [0.5, 0.6) is 5.75 Å². The lowest BCUT2D eigenvalue weighted by Gasteiger charge is -2.41. The monoisotopic (exact) mass is 326 g/mol. The van der Waals surface area contributed by atoms with E-state index in [1.807, 2.05) is 32.0 Å². The highest BCUT2D eigenvalue weighted by Gasteiger charge is 2.37. The average molecular weight is 327 g/mol. The van der Waals surface area contributed by atoms with Crippen LogP contribution < -0.4 is 10.1 Å². The van der Waals surface area contributed by atoms with Gasteiger partial charge in [-0.3, -0.25) is 9.69 Å². The lowest BCUT2D eigenvalue weighted by atomic mass is 9.98. The second-order valence-electron chi connectivity index (χ2n) is 5.19. The standard InChI is InChI=1S/C14H19BrN2O2/c1-14(2)13(18)16-6-7-17(14)9-10-8-11(19-3)4-5-12(10)15/h4-5,8H,6-7,9H2,1-3H3,(H,16,18). The molecule has 1 aromatic carbocycles. The van der Waals surface area contributed by atoms with Crippen LogP contribution in [0, 0.1) is 0 Å². The van der Waals surface area contributed by atoms with Crippen molar-refractivity contribution < 1.29 is 9.53 Å². The number of nitrogens with zero attached hydrogens (tertiary/aromatic N) is 1. The van der Waals surface area contributed by atoms with Gasteiger partial charge in [0, 0.05) is 24.1 Å². The van der Waals surface area contributed by atoms with Gasteiger partial charge in [-0.25, -0.2) is 0 Å². The number of carbonyl (C=O) groups is 1. The van der Waals surface area contributed by atoms with Crippen LogP contribution in [0.15, 0.2) is 22.7 Å². The molecule has 1 aliphatic heterocycles. The molecular weight excluding hydrogens is 308 g/mol. The third kappa shape index (κ3) is 2.92. The molecule has 5 heteroatoms. The van der Waals surface area contributed by atoms with E-state index in [-0.39, 0.29) is 5.91 Å². The summed E-state index contributed by atoms with van der Waals surface area (Å²) in [5, 5.41) is 2.91. The second-order valence-corrected chi connectivity index (χ2v) is 6.05. The highest BCUT2D eigenvalue weighted by Crippen LogP contribution is 2.27. The molecule has 1 fully saturated rings. The summed E-state index contributed by atoms with van der Waals surface area (Å²) in [7, 11) is 1.66. The predicted molar refractivity (Wildman–Crippen MR) is 78.2 cm³/mol. The average Bonchev–Trinajstić information content (AvgIpc) is 2.38. The molecule has 0 atom stereocenters. The van der Waals surface area contributed by atoms with Gasteiger partial charge >= 0.3 is 0 Å². The van der Waals surface area contributed by atoms with Crippen LogP contribution in [0.3, 0.4) is 0 Å². The van der Waals surface area contributed by atoms with Gasteiger partial charge in [0.2, 0.25) is 5.91 Å². The SMILES string of the molecule is COc1ccc(Br)c(CN2CCNC(=O)C2(C)C)c1. The zero-order chi connectivity index (χ0) is 14.0. The first-order valence-electron chi connectivity index (χ1n) is 6.31. The number of nitrogens with one attached hydrogen (secondary N) is 1. The zero-order valence-corrected chi connectivity index (χ0v) is 13.1. The molecule has 1 N–H and O–H groups in total. The van der Waals surface area contributed by atoms with Crippen molar-refractivity contribution in [1.82, 2.24) is 10.2 Å². The molecule has 4 nitrogen and oxygen atoms in total. The molecule has 0 radical (unpaired) electrons. The van der Waals surface area contributed by atoms with Gasteiger partial charge in [-0.2, -0.15) is 0 Å². The number of methoxy groups -OCH3 is 1. The van der Waals surface area contributed by atoms with Crippen LogP contribution in [0.1, 0.15) is 19.4 Å². The van der Waals surface area contributed by atoms with Crippen molar-refractivity contribution in [3.05, 3.63) is 28.2 Å². The summed E-state index contributed by atoms with van der Waals surface area (Å²) in [5.74, 6) is 0.912. The fourth-order valence-corrected chi connectivity index (χ4v) is 2.60. The number of rotatable bonds is 3. The lowest BCUT2D eigenvalue weighted by Crippen LogP contribution is -2.61. The van der Waals surface area contributed by atoms with Crippen LogP contribution in [0.2, 0.25) is 0 Å². The van der Waals surface area contributed by atoms with E-state index in [1.54, 1.807) is 7.11 Å². The summed E-state index contributed by atoms with van der Waals surface area (Å²) in [6.07, 6.45) is 0. The molecule has 19 heavy (non-hydrogen) atoms. The number of ether oxygens (including phenoxy) is 1. The van der Waals surface area contributed by atoms with E-state index in [0.717, 1.165) is 28.9 Å². The lowest BCUT2D eigenvalue weighted by molar-refractivity contribution is -0.135. The maximum atomic E-state index is 11.9. The van der Waals surface area contributed by atoms with Gasteiger partial charge < -0.3 is 10.1 Å². The molecule has 1 amide bonds. The number of piperazine rings is 1. The molecule has 104 valence electrons. The normalized spacial score (nSPS) is 19.1. The first-order chi connectivity index (χ1) is 8.95. The molecule has 0 spiro atoms. The topological polar surface area (TPSA) is 41.6 Å². The molecule has 1 heterocycles. The molecule has 1 aromatic rings. The minimum absolute atomic E-state index is 0.0813. The molecule has 0 unspecified atom stereocenters. The third-order valence-electron chi connectivity index (χ3n) is 3.63. The van der Waals surface area contributed by atoms with E-state index < -0.39 is 5.54 Å². The summed E-state index contributed by atoms with van der Waals surface area (Å²) in [6.45, 7) is 6.18.